The second kappa shape index (κ2) is 5.97. The minimum absolute atomic E-state index is 0.109. The molecule has 0 radical (unpaired) electrons. The predicted molar refractivity (Wildman–Crippen MR) is 80.2 cm³/mol. The van der Waals surface area contributed by atoms with Gasteiger partial charge in [-0.1, -0.05) is 11.6 Å². The molecular weight excluding hydrogens is 294 g/mol. The van der Waals surface area contributed by atoms with Gasteiger partial charge < -0.3 is 9.47 Å². The summed E-state index contributed by atoms with van der Waals surface area (Å²) in [5.74, 6) is 0.606. The van der Waals surface area contributed by atoms with Crippen LogP contribution in [-0.4, -0.2) is 33.4 Å². The van der Waals surface area contributed by atoms with Crippen LogP contribution >= 0.6 is 22.9 Å². The number of halogens is 1. The first-order chi connectivity index (χ1) is 9.72. The van der Waals surface area contributed by atoms with Gasteiger partial charge in [0.25, 0.3) is 5.91 Å². The second-order valence-corrected chi connectivity index (χ2v) is 6.84. The Labute approximate surface area is 127 Å². The largest absolute Gasteiger partial charge is 0.338 e. The molecule has 1 amide bonds. The average molecular weight is 310 g/mol. The lowest BCUT2D eigenvalue weighted by Gasteiger charge is -2.32. The third kappa shape index (κ3) is 3.04. The van der Waals surface area contributed by atoms with Gasteiger partial charge in [0.2, 0.25) is 0 Å². The Hall–Kier alpha value is -1.33. The maximum atomic E-state index is 12.4. The Morgan fingerprint density at radius 3 is 3.10 bits per heavy atom. The molecular formula is C14H16ClN3OS. The Balaban J connectivity index is 1.64. The van der Waals surface area contributed by atoms with Crippen LogP contribution in [0.25, 0.3) is 0 Å². The minimum atomic E-state index is 0.109. The Kier molecular flexibility index (Phi) is 4.08. The molecule has 106 valence electrons. The monoisotopic (exact) mass is 309 g/mol. The molecule has 20 heavy (non-hydrogen) atoms. The lowest BCUT2D eigenvalue weighted by molar-refractivity contribution is 0.0667. The van der Waals surface area contributed by atoms with Crippen LogP contribution in [0.2, 0.25) is 4.34 Å². The summed E-state index contributed by atoms with van der Waals surface area (Å²) < 4.78 is 2.75. The number of thiophene rings is 1. The van der Waals surface area contributed by atoms with Gasteiger partial charge in [-0.25, -0.2) is 4.98 Å². The summed E-state index contributed by atoms with van der Waals surface area (Å²) in [5.41, 5.74) is 0. The Morgan fingerprint density at radius 1 is 1.50 bits per heavy atom. The first kappa shape index (κ1) is 13.6. The summed E-state index contributed by atoms with van der Waals surface area (Å²) in [6, 6.07) is 3.60. The van der Waals surface area contributed by atoms with Crippen molar-refractivity contribution in [3.8, 4) is 0 Å². The molecule has 0 saturated carbocycles. The van der Waals surface area contributed by atoms with Gasteiger partial charge in [0.05, 0.1) is 15.5 Å². The van der Waals surface area contributed by atoms with E-state index in [0.29, 0.717) is 10.3 Å². The maximum absolute atomic E-state index is 12.4. The highest BCUT2D eigenvalue weighted by atomic mass is 35.5. The average Bonchev–Trinajstić information content (AvgIpc) is 3.10. The summed E-state index contributed by atoms with van der Waals surface area (Å²) in [5, 5.41) is 0. The van der Waals surface area contributed by atoms with E-state index in [1.165, 1.54) is 11.3 Å². The number of likely N-dealkylation sites (tertiary alicyclic amines) is 1. The molecule has 2 aromatic heterocycles. The second-order valence-electron chi connectivity index (χ2n) is 5.12. The molecule has 1 aliphatic heterocycles. The molecule has 0 bridgehead atoms. The van der Waals surface area contributed by atoms with Crippen LogP contribution in [-0.2, 0) is 6.54 Å². The number of hydrogen-bond donors (Lipinski definition) is 0. The highest BCUT2D eigenvalue weighted by Crippen LogP contribution is 2.25. The Bertz CT molecular complexity index is 581. The van der Waals surface area contributed by atoms with Gasteiger partial charge in [0.15, 0.2) is 0 Å². The fraction of sp³-hybridized carbons (Fsp3) is 0.429. The van der Waals surface area contributed by atoms with E-state index < -0.39 is 0 Å². The predicted octanol–water partition coefficient (Wildman–Crippen LogP) is 3.15. The van der Waals surface area contributed by atoms with Crippen molar-refractivity contribution >= 4 is 28.8 Å². The van der Waals surface area contributed by atoms with Crippen LogP contribution in [0.5, 0.6) is 0 Å². The van der Waals surface area contributed by atoms with E-state index in [2.05, 4.69) is 9.55 Å². The Morgan fingerprint density at radius 2 is 2.40 bits per heavy atom. The van der Waals surface area contributed by atoms with Gasteiger partial charge >= 0.3 is 0 Å². The molecule has 1 atom stereocenters. The molecule has 6 heteroatoms. The quantitative estimate of drug-likeness (QED) is 0.873. The van der Waals surface area contributed by atoms with E-state index in [1.54, 1.807) is 12.3 Å². The number of carbonyl (C=O) groups excluding carboxylic acids is 1. The van der Waals surface area contributed by atoms with Crippen molar-refractivity contribution in [2.45, 2.75) is 19.4 Å². The summed E-state index contributed by atoms with van der Waals surface area (Å²) in [6.45, 7) is 2.58. The zero-order chi connectivity index (χ0) is 13.9. The van der Waals surface area contributed by atoms with E-state index in [1.807, 2.05) is 23.5 Å². The molecule has 1 saturated heterocycles. The molecule has 0 spiro atoms. The molecule has 0 aliphatic carbocycles. The summed E-state index contributed by atoms with van der Waals surface area (Å²) in [7, 11) is 0. The normalized spacial score (nSPS) is 19.2. The van der Waals surface area contributed by atoms with Crippen molar-refractivity contribution in [3.05, 3.63) is 40.1 Å². The number of aromatic nitrogens is 2. The van der Waals surface area contributed by atoms with Crippen LogP contribution in [0, 0.1) is 5.92 Å². The van der Waals surface area contributed by atoms with Crippen LogP contribution < -0.4 is 0 Å². The van der Waals surface area contributed by atoms with Crippen molar-refractivity contribution in [1.82, 2.24) is 14.5 Å². The highest BCUT2D eigenvalue weighted by molar-refractivity contribution is 7.17. The van der Waals surface area contributed by atoms with E-state index in [0.717, 1.165) is 37.4 Å². The number of hydrogen-bond acceptors (Lipinski definition) is 3. The number of imidazole rings is 1. The first-order valence-electron chi connectivity index (χ1n) is 6.73. The molecule has 0 aromatic carbocycles. The maximum Gasteiger partial charge on any atom is 0.263 e. The molecule has 1 aliphatic rings. The molecule has 4 nitrogen and oxygen atoms in total. The van der Waals surface area contributed by atoms with Crippen LogP contribution in [0.4, 0.5) is 0 Å². The lowest BCUT2D eigenvalue weighted by atomic mass is 9.98. The van der Waals surface area contributed by atoms with E-state index >= 15 is 0 Å². The number of rotatable bonds is 3. The van der Waals surface area contributed by atoms with Gasteiger partial charge in [0.1, 0.15) is 0 Å². The molecule has 3 heterocycles. The van der Waals surface area contributed by atoms with Crippen molar-refractivity contribution in [1.29, 1.82) is 0 Å². The van der Waals surface area contributed by atoms with Gasteiger partial charge in [-0.2, -0.15) is 0 Å². The SMILES string of the molecule is O=C(c1ccc(Cl)s1)N1CCCC(Cn2ccnc2)C1. The zero-order valence-electron chi connectivity index (χ0n) is 11.0. The van der Waals surface area contributed by atoms with Crippen molar-refractivity contribution in [2.75, 3.05) is 13.1 Å². The van der Waals surface area contributed by atoms with Gasteiger partial charge in [-0.15, -0.1) is 11.3 Å². The molecule has 0 N–H and O–H groups in total. The standard InChI is InChI=1S/C14H16ClN3OS/c15-13-4-3-12(20-13)14(19)18-6-1-2-11(9-18)8-17-7-5-16-10-17/h3-5,7,10-11H,1-2,6,8-9H2. The van der Waals surface area contributed by atoms with Crippen LogP contribution in [0.1, 0.15) is 22.5 Å². The van der Waals surface area contributed by atoms with Crippen molar-refractivity contribution in [3.63, 3.8) is 0 Å². The molecule has 1 fully saturated rings. The van der Waals surface area contributed by atoms with Gasteiger partial charge in [-0.3, -0.25) is 4.79 Å². The fourth-order valence-corrected chi connectivity index (χ4v) is 3.69. The number of carbonyl (C=O) groups is 1. The van der Waals surface area contributed by atoms with E-state index in [4.69, 9.17) is 11.6 Å². The van der Waals surface area contributed by atoms with Crippen molar-refractivity contribution < 1.29 is 4.79 Å². The van der Waals surface area contributed by atoms with Gasteiger partial charge in [0, 0.05) is 32.0 Å². The lowest BCUT2D eigenvalue weighted by Crippen LogP contribution is -2.40. The third-order valence-corrected chi connectivity index (χ3v) is 4.84. The van der Waals surface area contributed by atoms with E-state index in [9.17, 15) is 4.79 Å². The zero-order valence-corrected chi connectivity index (χ0v) is 12.6. The number of nitrogens with zero attached hydrogens (tertiary/aromatic N) is 3. The van der Waals surface area contributed by atoms with Crippen LogP contribution in [0.3, 0.4) is 0 Å². The molecule has 3 rings (SSSR count). The summed E-state index contributed by atoms with van der Waals surface area (Å²) in [4.78, 5) is 19.2. The van der Waals surface area contributed by atoms with E-state index in [-0.39, 0.29) is 5.91 Å². The summed E-state index contributed by atoms with van der Waals surface area (Å²) in [6.07, 6.45) is 7.82. The topological polar surface area (TPSA) is 38.1 Å². The fourth-order valence-electron chi connectivity index (χ4n) is 2.68. The molecule has 1 unspecified atom stereocenters. The number of amides is 1. The molecule has 2 aromatic rings. The number of piperidine rings is 1. The van der Waals surface area contributed by atoms with Crippen molar-refractivity contribution in [2.24, 2.45) is 5.92 Å². The minimum Gasteiger partial charge on any atom is -0.338 e. The third-order valence-electron chi connectivity index (χ3n) is 3.62. The smallest absolute Gasteiger partial charge is 0.263 e. The van der Waals surface area contributed by atoms with Gasteiger partial charge in [-0.05, 0) is 30.9 Å². The highest BCUT2D eigenvalue weighted by Gasteiger charge is 2.25. The first-order valence-corrected chi connectivity index (χ1v) is 7.92. The van der Waals surface area contributed by atoms with Crippen LogP contribution in [0.15, 0.2) is 30.9 Å². The summed E-state index contributed by atoms with van der Waals surface area (Å²) >= 11 is 7.26.